The Labute approximate surface area is 366 Å². The molecule has 4 nitrogen and oxygen atoms in total. The van der Waals surface area contributed by atoms with Crippen molar-refractivity contribution in [2.45, 2.75) is 11.8 Å². The second-order valence-electron chi connectivity index (χ2n) is 16.1. The Hall–Kier alpha value is -7.38. The molecule has 1 unspecified atom stereocenters. The molecule has 0 spiro atoms. The molecule has 3 aliphatic carbocycles. The van der Waals surface area contributed by atoms with Gasteiger partial charge >= 0.3 is 0 Å². The highest BCUT2D eigenvalue weighted by atomic mass is 32.1. The lowest BCUT2D eigenvalue weighted by molar-refractivity contribution is 0.754. The van der Waals surface area contributed by atoms with E-state index >= 15 is 0 Å². The molecule has 4 aromatic heterocycles. The Morgan fingerprint density at radius 3 is 1.13 bits per heavy atom. The molecule has 62 heavy (non-hydrogen) atoms. The average molecular weight is 827 g/mol. The van der Waals surface area contributed by atoms with Gasteiger partial charge in [0.25, 0.3) is 0 Å². The fourth-order valence-electron chi connectivity index (χ4n) is 9.63. The Balaban J connectivity index is 0.942. The fraction of sp³-hybridized carbons (Fsp3) is 0.0357. The Kier molecular flexibility index (Phi) is 8.05. The van der Waals surface area contributed by atoms with Crippen LogP contribution in [0.2, 0.25) is 0 Å². The first-order chi connectivity index (χ1) is 30.7. The van der Waals surface area contributed by atoms with Crippen LogP contribution in [-0.2, 0) is 0 Å². The lowest BCUT2D eigenvalue weighted by Crippen LogP contribution is -2.27. The van der Waals surface area contributed by atoms with Crippen LogP contribution >= 0.6 is 22.7 Å². The second-order valence-corrected chi connectivity index (χ2v) is 18.3. The third kappa shape index (κ3) is 5.79. The molecule has 6 heteroatoms. The predicted molar refractivity (Wildman–Crippen MR) is 256 cm³/mol. The molecule has 11 aromatic rings. The zero-order valence-corrected chi connectivity index (χ0v) is 34.9. The number of aromatic nitrogens is 4. The van der Waals surface area contributed by atoms with Gasteiger partial charge in [-0.3, -0.25) is 0 Å². The summed E-state index contributed by atoms with van der Waals surface area (Å²) < 4.78 is 2.50. The molecule has 290 valence electrons. The van der Waals surface area contributed by atoms with Crippen LogP contribution in [0.4, 0.5) is 0 Å². The maximum atomic E-state index is 5.30. The van der Waals surface area contributed by atoms with Gasteiger partial charge in [-0.25, -0.2) is 19.9 Å². The second kappa shape index (κ2) is 14.1. The third-order valence-corrected chi connectivity index (χ3v) is 14.8. The van der Waals surface area contributed by atoms with E-state index in [1.807, 2.05) is 0 Å². The van der Waals surface area contributed by atoms with Gasteiger partial charge in [-0.05, 0) is 92.7 Å². The summed E-state index contributed by atoms with van der Waals surface area (Å²) in [4.78, 5) is 23.4. The first-order valence-corrected chi connectivity index (χ1v) is 22.6. The third-order valence-electron chi connectivity index (χ3n) is 12.5. The van der Waals surface area contributed by atoms with Crippen molar-refractivity contribution in [3.8, 4) is 66.4 Å². The number of hydrogen-bond donors (Lipinski definition) is 0. The quantitative estimate of drug-likeness (QED) is 0.168. The standard InChI is InChI=1S/C56H34N4S2/c1-3-13-33(14-4-1)45-31-47(51-29-35-17-7-11-21-49(35)61-51)59-55(57-45)37-23-25-41-43(27-37)53-39-19-9-10-20-40(39)54(41)44-28-38(24-26-42(44)53)56-58-46(34-15-5-2-6-16-34)32-48(60-56)52-30-36-18-8-12-22-50(36)62-52/h1-32,53-54H/t53-,54?/m1/s1. The summed E-state index contributed by atoms with van der Waals surface area (Å²) in [5, 5.41) is 2.46. The van der Waals surface area contributed by atoms with Crippen molar-refractivity contribution in [2.75, 3.05) is 0 Å². The van der Waals surface area contributed by atoms with Gasteiger partial charge in [0, 0.05) is 43.5 Å². The molecule has 3 aliphatic rings. The first kappa shape index (κ1) is 35.4. The number of rotatable bonds is 6. The van der Waals surface area contributed by atoms with Crippen LogP contribution < -0.4 is 0 Å². The van der Waals surface area contributed by atoms with E-state index in [1.54, 1.807) is 22.7 Å². The number of fused-ring (bicyclic) bond motifs is 2. The van der Waals surface area contributed by atoms with Gasteiger partial charge in [-0.15, -0.1) is 22.7 Å². The maximum Gasteiger partial charge on any atom is 0.160 e. The molecule has 7 aromatic carbocycles. The Morgan fingerprint density at radius 2 is 0.677 bits per heavy atom. The number of nitrogens with zero attached hydrogens (tertiary/aromatic N) is 4. The van der Waals surface area contributed by atoms with E-state index in [9.17, 15) is 0 Å². The summed E-state index contributed by atoms with van der Waals surface area (Å²) in [6.07, 6.45) is 0. The first-order valence-electron chi connectivity index (χ1n) is 20.9. The molecule has 14 rings (SSSR count). The zero-order valence-electron chi connectivity index (χ0n) is 33.2. The van der Waals surface area contributed by atoms with Crippen LogP contribution in [0.3, 0.4) is 0 Å². The van der Waals surface area contributed by atoms with E-state index in [0.717, 1.165) is 66.4 Å². The lowest BCUT2D eigenvalue weighted by Gasteiger charge is -2.42. The molecule has 0 saturated heterocycles. The van der Waals surface area contributed by atoms with Crippen LogP contribution in [-0.4, -0.2) is 19.9 Å². The molecule has 0 N–H and O–H groups in total. The van der Waals surface area contributed by atoms with Crippen molar-refractivity contribution in [2.24, 2.45) is 0 Å². The van der Waals surface area contributed by atoms with Gasteiger partial charge in [-0.2, -0.15) is 0 Å². The van der Waals surface area contributed by atoms with Gasteiger partial charge in [0.05, 0.1) is 32.5 Å². The largest absolute Gasteiger partial charge is 0.228 e. The van der Waals surface area contributed by atoms with Gasteiger partial charge in [0.2, 0.25) is 0 Å². The topological polar surface area (TPSA) is 51.6 Å². The minimum Gasteiger partial charge on any atom is -0.228 e. The van der Waals surface area contributed by atoms with Crippen LogP contribution in [0.1, 0.15) is 45.2 Å². The molecule has 2 atom stereocenters. The molecule has 4 heterocycles. The maximum absolute atomic E-state index is 5.30. The van der Waals surface area contributed by atoms with Crippen molar-refractivity contribution in [3.63, 3.8) is 0 Å². The minimum absolute atomic E-state index is 0.0697. The molecular weight excluding hydrogens is 793 g/mol. The molecule has 0 fully saturated rings. The summed E-state index contributed by atoms with van der Waals surface area (Å²) >= 11 is 3.55. The van der Waals surface area contributed by atoms with Crippen molar-refractivity contribution >= 4 is 42.8 Å². The van der Waals surface area contributed by atoms with E-state index in [-0.39, 0.29) is 11.8 Å². The van der Waals surface area contributed by atoms with E-state index in [2.05, 4.69) is 194 Å². The van der Waals surface area contributed by atoms with E-state index in [0.29, 0.717) is 0 Å². The zero-order chi connectivity index (χ0) is 40.7. The number of hydrogen-bond acceptors (Lipinski definition) is 6. The SMILES string of the molecule is c1ccc(-c2cc(-c3cc4ccccc4s3)nc(-c3ccc4c(c3)C3c5ccccc5[C@H]4c4cc(-c5nc(-c6ccccc6)cc(-c6cc7ccccc7s6)n5)ccc43)n2)cc1. The Morgan fingerprint density at radius 1 is 0.290 bits per heavy atom. The number of thiophene rings is 2. The molecule has 0 radical (unpaired) electrons. The summed E-state index contributed by atoms with van der Waals surface area (Å²) in [6, 6.07) is 69.6. The molecular formula is C56H34N4S2. The Bertz CT molecular complexity index is 3250. The minimum atomic E-state index is 0.0697. The highest BCUT2D eigenvalue weighted by Crippen LogP contribution is 2.56. The molecule has 0 saturated carbocycles. The number of benzene rings is 7. The van der Waals surface area contributed by atoms with E-state index in [4.69, 9.17) is 19.9 Å². The lowest BCUT2D eigenvalue weighted by atomic mass is 9.61. The molecule has 0 amide bonds. The van der Waals surface area contributed by atoms with E-state index in [1.165, 1.54) is 53.6 Å². The highest BCUT2D eigenvalue weighted by Gasteiger charge is 2.41. The average Bonchev–Trinajstić information content (AvgIpc) is 3.99. The van der Waals surface area contributed by atoms with Gasteiger partial charge in [0.15, 0.2) is 11.6 Å². The summed E-state index contributed by atoms with van der Waals surface area (Å²) in [7, 11) is 0. The van der Waals surface area contributed by atoms with Crippen molar-refractivity contribution in [1.82, 2.24) is 19.9 Å². The summed E-state index contributed by atoms with van der Waals surface area (Å²) in [5.74, 6) is 1.61. The highest BCUT2D eigenvalue weighted by molar-refractivity contribution is 7.22. The summed E-state index contributed by atoms with van der Waals surface area (Å²) in [5.41, 5.74) is 15.9. The van der Waals surface area contributed by atoms with Gasteiger partial charge in [-0.1, -0.05) is 146 Å². The fourth-order valence-corrected chi connectivity index (χ4v) is 11.7. The van der Waals surface area contributed by atoms with Crippen LogP contribution in [0.5, 0.6) is 0 Å². The summed E-state index contributed by atoms with van der Waals surface area (Å²) in [6.45, 7) is 0. The predicted octanol–water partition coefficient (Wildman–Crippen LogP) is 14.7. The van der Waals surface area contributed by atoms with Crippen molar-refractivity contribution in [3.05, 3.63) is 228 Å². The van der Waals surface area contributed by atoms with Crippen molar-refractivity contribution in [1.29, 1.82) is 0 Å². The van der Waals surface area contributed by atoms with Crippen LogP contribution in [0.15, 0.2) is 194 Å². The van der Waals surface area contributed by atoms with Gasteiger partial charge < -0.3 is 0 Å². The van der Waals surface area contributed by atoms with Crippen molar-refractivity contribution < 1.29 is 0 Å². The van der Waals surface area contributed by atoms with Crippen LogP contribution in [0, 0.1) is 0 Å². The molecule has 2 bridgehead atoms. The van der Waals surface area contributed by atoms with Crippen LogP contribution in [0.25, 0.3) is 86.6 Å². The monoisotopic (exact) mass is 826 g/mol. The smallest absolute Gasteiger partial charge is 0.160 e. The normalized spacial score (nSPS) is 14.8. The molecule has 0 aliphatic heterocycles. The van der Waals surface area contributed by atoms with Gasteiger partial charge in [0.1, 0.15) is 0 Å². The van der Waals surface area contributed by atoms with E-state index < -0.39 is 0 Å².